The number of halogens is 2. The molecule has 3 aromatic rings. The zero-order valence-electron chi connectivity index (χ0n) is 16.0. The fourth-order valence-corrected chi connectivity index (χ4v) is 5.02. The molecule has 0 fully saturated rings. The van der Waals surface area contributed by atoms with Crippen LogP contribution in [0, 0.1) is 0 Å². The lowest BCUT2D eigenvalue weighted by Gasteiger charge is -2.20. The first-order valence-electron chi connectivity index (χ1n) is 8.95. The molecule has 0 saturated carbocycles. The van der Waals surface area contributed by atoms with Crippen LogP contribution in [0.15, 0.2) is 30.5 Å². The number of nitrogens with zero attached hydrogens (tertiary/aromatic N) is 3. The predicted octanol–water partition coefficient (Wildman–Crippen LogP) is 3.85. The van der Waals surface area contributed by atoms with E-state index < -0.39 is 0 Å². The average molecular weight is 484 g/mol. The van der Waals surface area contributed by atoms with E-state index >= 15 is 0 Å². The van der Waals surface area contributed by atoms with Crippen LogP contribution in [-0.2, 0) is 19.5 Å². The Bertz CT molecular complexity index is 1070. The van der Waals surface area contributed by atoms with Gasteiger partial charge in [0, 0.05) is 30.6 Å². The fraction of sp³-hybridized carbons (Fsp3) is 0.263. The predicted molar refractivity (Wildman–Crippen MR) is 122 cm³/mol. The van der Waals surface area contributed by atoms with E-state index in [9.17, 15) is 9.59 Å². The molecule has 0 unspecified atom stereocenters. The molecule has 2 amide bonds. The third kappa shape index (κ3) is 5.16. The summed E-state index contributed by atoms with van der Waals surface area (Å²) in [6, 6.07) is 6.85. The molecule has 0 atom stereocenters. The molecule has 0 spiro atoms. The number of likely N-dealkylation sites (N-methyl/N-ethyl adjacent to an activating group) is 1. The summed E-state index contributed by atoms with van der Waals surface area (Å²) < 4.78 is 0.554. The van der Waals surface area contributed by atoms with Gasteiger partial charge in [0.25, 0.3) is 11.8 Å². The van der Waals surface area contributed by atoms with E-state index in [-0.39, 0.29) is 30.8 Å². The number of carbonyl (C=O) groups excluding carboxylic acids is 2. The zero-order chi connectivity index (χ0) is 20.4. The lowest BCUT2D eigenvalue weighted by atomic mass is 10.2. The lowest BCUT2D eigenvalue weighted by molar-refractivity contribution is 0.0954. The van der Waals surface area contributed by atoms with Gasteiger partial charge in [0.1, 0.15) is 0 Å². The Labute approximate surface area is 192 Å². The molecule has 158 valence electrons. The SMILES string of the molecule is CN1CCc2nc(C(=O)Nc3cccnc3CNC(=O)c3ccc(Cl)s3)sc2C1.Cl. The van der Waals surface area contributed by atoms with Gasteiger partial charge in [-0.25, -0.2) is 4.98 Å². The van der Waals surface area contributed by atoms with Gasteiger partial charge < -0.3 is 15.5 Å². The van der Waals surface area contributed by atoms with E-state index in [0.29, 0.717) is 25.6 Å². The van der Waals surface area contributed by atoms with Crippen molar-refractivity contribution in [2.45, 2.75) is 19.5 Å². The van der Waals surface area contributed by atoms with Gasteiger partial charge in [0.05, 0.1) is 32.8 Å². The quantitative estimate of drug-likeness (QED) is 0.575. The Hall–Kier alpha value is -2.04. The van der Waals surface area contributed by atoms with Gasteiger partial charge >= 0.3 is 0 Å². The molecule has 3 aromatic heterocycles. The van der Waals surface area contributed by atoms with Gasteiger partial charge in [-0.15, -0.1) is 35.1 Å². The Morgan fingerprint density at radius 3 is 2.83 bits per heavy atom. The molecule has 4 heterocycles. The number of hydrogen-bond acceptors (Lipinski definition) is 7. The van der Waals surface area contributed by atoms with Crippen molar-refractivity contribution in [3.05, 3.63) is 60.9 Å². The van der Waals surface area contributed by atoms with E-state index in [1.54, 1.807) is 30.5 Å². The summed E-state index contributed by atoms with van der Waals surface area (Å²) in [7, 11) is 2.06. The summed E-state index contributed by atoms with van der Waals surface area (Å²) in [6.45, 7) is 1.95. The molecule has 0 saturated heterocycles. The zero-order valence-corrected chi connectivity index (χ0v) is 19.2. The lowest BCUT2D eigenvalue weighted by Crippen LogP contribution is -2.25. The normalized spacial score (nSPS) is 13.3. The Morgan fingerprint density at radius 1 is 1.23 bits per heavy atom. The molecule has 0 aliphatic carbocycles. The van der Waals surface area contributed by atoms with Crippen molar-refractivity contribution >= 4 is 64.2 Å². The van der Waals surface area contributed by atoms with E-state index in [0.717, 1.165) is 30.1 Å². The van der Waals surface area contributed by atoms with Crippen molar-refractivity contribution in [3.8, 4) is 0 Å². The van der Waals surface area contributed by atoms with Gasteiger partial charge in [0.15, 0.2) is 5.01 Å². The Balaban J connectivity index is 0.00000256. The molecule has 11 heteroatoms. The monoisotopic (exact) mass is 483 g/mol. The first-order valence-corrected chi connectivity index (χ1v) is 11.0. The molecule has 7 nitrogen and oxygen atoms in total. The van der Waals surface area contributed by atoms with Crippen LogP contribution in [-0.4, -0.2) is 40.3 Å². The van der Waals surface area contributed by atoms with Gasteiger partial charge in [0.2, 0.25) is 0 Å². The first kappa shape index (κ1) is 22.6. The van der Waals surface area contributed by atoms with E-state index in [1.165, 1.54) is 22.7 Å². The maximum atomic E-state index is 12.7. The van der Waals surface area contributed by atoms with Crippen molar-refractivity contribution in [1.82, 2.24) is 20.2 Å². The number of anilines is 1. The fourth-order valence-electron chi connectivity index (χ4n) is 2.98. The molecule has 0 aromatic carbocycles. The molecular formula is C19H19Cl2N5O2S2. The number of fused-ring (bicyclic) bond motifs is 1. The van der Waals surface area contributed by atoms with E-state index in [2.05, 4.69) is 32.5 Å². The maximum Gasteiger partial charge on any atom is 0.284 e. The second-order valence-electron chi connectivity index (χ2n) is 6.61. The number of amides is 2. The summed E-state index contributed by atoms with van der Waals surface area (Å²) in [5.74, 6) is -0.501. The maximum absolute atomic E-state index is 12.7. The Morgan fingerprint density at radius 2 is 2.07 bits per heavy atom. The second-order valence-corrected chi connectivity index (χ2v) is 9.41. The highest BCUT2D eigenvalue weighted by atomic mass is 35.5. The average Bonchev–Trinajstić information content (AvgIpc) is 3.33. The number of pyridine rings is 1. The highest BCUT2D eigenvalue weighted by Crippen LogP contribution is 2.25. The van der Waals surface area contributed by atoms with Crippen LogP contribution in [0.4, 0.5) is 5.69 Å². The third-order valence-corrected chi connectivity index (χ3v) is 6.78. The standard InChI is InChI=1S/C19H18ClN5O2S2.ClH/c1-25-8-6-12-15(10-25)29-19(24-12)18(27)23-11-3-2-7-21-13(11)9-22-17(26)14-4-5-16(20)28-14;/h2-5,7H,6,8-10H2,1H3,(H,22,26)(H,23,27);1H. The van der Waals surface area contributed by atoms with Crippen LogP contribution < -0.4 is 10.6 Å². The highest BCUT2D eigenvalue weighted by Gasteiger charge is 2.22. The van der Waals surface area contributed by atoms with Crippen LogP contribution in [0.5, 0.6) is 0 Å². The number of thiophene rings is 1. The smallest absolute Gasteiger partial charge is 0.284 e. The van der Waals surface area contributed by atoms with Crippen LogP contribution in [0.3, 0.4) is 0 Å². The number of thiazole rings is 1. The van der Waals surface area contributed by atoms with Gasteiger partial charge in [-0.1, -0.05) is 11.6 Å². The minimum Gasteiger partial charge on any atom is -0.346 e. The molecule has 4 rings (SSSR count). The summed E-state index contributed by atoms with van der Waals surface area (Å²) in [6.07, 6.45) is 2.48. The van der Waals surface area contributed by atoms with Crippen molar-refractivity contribution in [2.75, 3.05) is 18.9 Å². The second kappa shape index (κ2) is 9.84. The highest BCUT2D eigenvalue weighted by molar-refractivity contribution is 7.18. The largest absolute Gasteiger partial charge is 0.346 e. The molecule has 30 heavy (non-hydrogen) atoms. The van der Waals surface area contributed by atoms with E-state index in [4.69, 9.17) is 11.6 Å². The van der Waals surface area contributed by atoms with Crippen LogP contribution in [0.1, 0.15) is 35.7 Å². The van der Waals surface area contributed by atoms with Crippen molar-refractivity contribution in [2.24, 2.45) is 0 Å². The summed E-state index contributed by atoms with van der Waals surface area (Å²) in [4.78, 5) is 37.6. The molecule has 2 N–H and O–H groups in total. The van der Waals surface area contributed by atoms with Crippen molar-refractivity contribution in [1.29, 1.82) is 0 Å². The van der Waals surface area contributed by atoms with Crippen LogP contribution in [0.25, 0.3) is 0 Å². The van der Waals surface area contributed by atoms with Gasteiger partial charge in [-0.05, 0) is 31.3 Å². The van der Waals surface area contributed by atoms with Crippen LogP contribution in [0.2, 0.25) is 4.34 Å². The molecule has 1 aliphatic heterocycles. The van der Waals surface area contributed by atoms with Crippen molar-refractivity contribution in [3.63, 3.8) is 0 Å². The summed E-state index contributed by atoms with van der Waals surface area (Å²) in [5, 5.41) is 6.13. The third-order valence-electron chi connectivity index (χ3n) is 4.47. The molecular weight excluding hydrogens is 465 g/mol. The molecule has 0 bridgehead atoms. The minimum atomic E-state index is -0.266. The van der Waals surface area contributed by atoms with Crippen LogP contribution >= 0.6 is 46.7 Å². The minimum absolute atomic E-state index is 0. The number of rotatable bonds is 5. The van der Waals surface area contributed by atoms with E-state index in [1.807, 2.05) is 0 Å². The molecule has 0 radical (unpaired) electrons. The number of aromatic nitrogens is 2. The summed E-state index contributed by atoms with van der Waals surface area (Å²) in [5.41, 5.74) is 2.12. The number of nitrogens with one attached hydrogen (secondary N) is 2. The van der Waals surface area contributed by atoms with Gasteiger partial charge in [-0.3, -0.25) is 14.6 Å². The summed E-state index contributed by atoms with van der Waals surface area (Å²) >= 11 is 8.51. The molecule has 1 aliphatic rings. The first-order chi connectivity index (χ1) is 14.0. The van der Waals surface area contributed by atoms with Crippen molar-refractivity contribution < 1.29 is 9.59 Å². The number of hydrogen-bond donors (Lipinski definition) is 2. The Kier molecular flexibility index (Phi) is 7.43. The number of carbonyl (C=O) groups is 2. The van der Waals surface area contributed by atoms with Gasteiger partial charge in [-0.2, -0.15) is 0 Å². The topological polar surface area (TPSA) is 87.2 Å².